The Bertz CT molecular complexity index is 687. The molecule has 2 N–H and O–H groups in total. The van der Waals surface area contributed by atoms with E-state index in [0.29, 0.717) is 23.2 Å². The molecule has 0 aliphatic heterocycles. The van der Waals surface area contributed by atoms with Crippen LogP contribution in [0.5, 0.6) is 5.75 Å². The second-order valence-electron chi connectivity index (χ2n) is 4.21. The predicted octanol–water partition coefficient (Wildman–Crippen LogP) is 2.09. The molecular formula is C13H16BrN3O3S. The van der Waals surface area contributed by atoms with Crippen molar-refractivity contribution in [1.29, 1.82) is 0 Å². The van der Waals surface area contributed by atoms with Gasteiger partial charge in [-0.15, -0.1) is 0 Å². The second kappa shape index (κ2) is 7.06. The summed E-state index contributed by atoms with van der Waals surface area (Å²) in [5.74, 6) is 1.07. The molecular weight excluding hydrogens is 358 g/mol. The molecule has 0 amide bonds. The highest BCUT2D eigenvalue weighted by atomic mass is 79.9. The summed E-state index contributed by atoms with van der Waals surface area (Å²) < 4.78 is 33.3. The van der Waals surface area contributed by atoms with Crippen molar-refractivity contribution in [2.45, 2.75) is 18.2 Å². The van der Waals surface area contributed by atoms with Gasteiger partial charge in [0.25, 0.3) is 0 Å². The normalized spacial score (nSPS) is 11.5. The van der Waals surface area contributed by atoms with E-state index in [1.54, 1.807) is 24.5 Å². The molecule has 0 atom stereocenters. The Kier molecular flexibility index (Phi) is 5.38. The monoisotopic (exact) mass is 373 g/mol. The van der Waals surface area contributed by atoms with Crippen LogP contribution < -0.4 is 9.46 Å². The number of ether oxygens (including phenoxy) is 1. The van der Waals surface area contributed by atoms with Crippen molar-refractivity contribution in [3.05, 3.63) is 40.9 Å². The van der Waals surface area contributed by atoms with Gasteiger partial charge in [0.1, 0.15) is 16.5 Å². The van der Waals surface area contributed by atoms with Crippen LogP contribution in [0.1, 0.15) is 12.7 Å². The molecule has 0 saturated carbocycles. The first kappa shape index (κ1) is 16.0. The third-order valence-electron chi connectivity index (χ3n) is 2.70. The molecule has 0 aliphatic carbocycles. The summed E-state index contributed by atoms with van der Waals surface area (Å²) in [4.78, 5) is 7.10. The van der Waals surface area contributed by atoms with Gasteiger partial charge in [-0.1, -0.05) is 15.9 Å². The summed E-state index contributed by atoms with van der Waals surface area (Å²) in [6.45, 7) is 2.47. The third kappa shape index (κ3) is 4.29. The molecule has 0 saturated heterocycles. The number of rotatable bonds is 7. The Balaban J connectivity index is 2.12. The van der Waals surface area contributed by atoms with E-state index in [1.807, 2.05) is 6.92 Å². The molecule has 0 aliphatic rings. The SMILES string of the molecule is CCOc1ccc(Br)cc1S(=O)(=O)NCCc1ncc[nH]1. The first-order valence-corrected chi connectivity index (χ1v) is 8.71. The van der Waals surface area contributed by atoms with Crippen molar-refractivity contribution >= 4 is 26.0 Å². The second-order valence-corrected chi connectivity index (χ2v) is 6.86. The molecule has 2 rings (SSSR count). The molecule has 1 aromatic carbocycles. The van der Waals surface area contributed by atoms with Crippen LogP contribution in [-0.2, 0) is 16.4 Å². The van der Waals surface area contributed by atoms with E-state index in [0.717, 1.165) is 5.82 Å². The molecule has 0 bridgehead atoms. The van der Waals surface area contributed by atoms with E-state index in [-0.39, 0.29) is 11.4 Å². The van der Waals surface area contributed by atoms with E-state index in [2.05, 4.69) is 30.6 Å². The van der Waals surface area contributed by atoms with Crippen molar-refractivity contribution < 1.29 is 13.2 Å². The molecule has 0 unspecified atom stereocenters. The molecule has 0 fully saturated rings. The number of benzene rings is 1. The Morgan fingerprint density at radius 1 is 1.43 bits per heavy atom. The van der Waals surface area contributed by atoms with E-state index in [4.69, 9.17) is 4.74 Å². The Morgan fingerprint density at radius 2 is 2.24 bits per heavy atom. The number of imidazole rings is 1. The first-order valence-electron chi connectivity index (χ1n) is 6.43. The van der Waals surface area contributed by atoms with E-state index < -0.39 is 10.0 Å². The molecule has 114 valence electrons. The summed E-state index contributed by atoms with van der Waals surface area (Å²) in [7, 11) is -3.64. The minimum atomic E-state index is -3.64. The molecule has 2 aromatic rings. The molecule has 1 aromatic heterocycles. The van der Waals surface area contributed by atoms with E-state index in [1.165, 1.54) is 6.07 Å². The van der Waals surface area contributed by atoms with E-state index in [9.17, 15) is 8.42 Å². The smallest absolute Gasteiger partial charge is 0.244 e. The summed E-state index contributed by atoms with van der Waals surface area (Å²) in [6.07, 6.45) is 3.82. The zero-order chi connectivity index (χ0) is 15.3. The fourth-order valence-electron chi connectivity index (χ4n) is 1.78. The largest absolute Gasteiger partial charge is 0.492 e. The minimum absolute atomic E-state index is 0.123. The topological polar surface area (TPSA) is 84.1 Å². The van der Waals surface area contributed by atoms with Gasteiger partial charge in [-0.3, -0.25) is 0 Å². The van der Waals surface area contributed by atoms with Crippen LogP contribution in [0.4, 0.5) is 0 Å². The van der Waals surface area contributed by atoms with Crippen molar-refractivity contribution in [1.82, 2.24) is 14.7 Å². The Hall–Kier alpha value is -1.38. The first-order chi connectivity index (χ1) is 10.0. The van der Waals surface area contributed by atoms with Crippen LogP contribution >= 0.6 is 15.9 Å². The van der Waals surface area contributed by atoms with Gasteiger partial charge in [-0.2, -0.15) is 0 Å². The van der Waals surface area contributed by atoms with Crippen molar-refractivity contribution in [2.24, 2.45) is 0 Å². The zero-order valence-electron chi connectivity index (χ0n) is 11.5. The van der Waals surface area contributed by atoms with Crippen molar-refractivity contribution in [3.8, 4) is 5.75 Å². The van der Waals surface area contributed by atoms with Gasteiger partial charge in [0.05, 0.1) is 6.61 Å². The highest BCUT2D eigenvalue weighted by Crippen LogP contribution is 2.27. The number of nitrogens with zero attached hydrogens (tertiary/aromatic N) is 1. The molecule has 1 heterocycles. The highest BCUT2D eigenvalue weighted by Gasteiger charge is 2.19. The molecule has 0 radical (unpaired) electrons. The number of hydrogen-bond acceptors (Lipinski definition) is 4. The number of nitrogens with one attached hydrogen (secondary N) is 2. The number of H-pyrrole nitrogens is 1. The van der Waals surface area contributed by atoms with Crippen molar-refractivity contribution in [3.63, 3.8) is 0 Å². The van der Waals surface area contributed by atoms with Crippen LogP contribution in [0.3, 0.4) is 0 Å². The van der Waals surface area contributed by atoms with Crippen LogP contribution in [0.15, 0.2) is 40.0 Å². The maximum absolute atomic E-state index is 12.4. The van der Waals surface area contributed by atoms with Crippen LogP contribution in [0.2, 0.25) is 0 Å². The number of aromatic amines is 1. The average Bonchev–Trinajstić information content (AvgIpc) is 2.94. The lowest BCUT2D eigenvalue weighted by Crippen LogP contribution is -2.26. The van der Waals surface area contributed by atoms with Gasteiger partial charge >= 0.3 is 0 Å². The standard InChI is InChI=1S/C13H16BrN3O3S/c1-2-20-11-4-3-10(14)9-12(11)21(18,19)17-6-5-13-15-7-8-16-13/h3-4,7-9,17H,2,5-6H2,1H3,(H,15,16). The quantitative estimate of drug-likeness (QED) is 0.778. The Labute approximate surface area is 132 Å². The average molecular weight is 374 g/mol. The van der Waals surface area contributed by atoms with Gasteiger partial charge in [0.2, 0.25) is 10.0 Å². The summed E-state index contributed by atoms with van der Waals surface area (Å²) in [6, 6.07) is 4.90. The van der Waals surface area contributed by atoms with Gasteiger partial charge in [0, 0.05) is 29.8 Å². The maximum atomic E-state index is 12.4. The summed E-state index contributed by atoms with van der Waals surface area (Å²) in [5, 5.41) is 0. The maximum Gasteiger partial charge on any atom is 0.244 e. The highest BCUT2D eigenvalue weighted by molar-refractivity contribution is 9.10. The Morgan fingerprint density at radius 3 is 2.90 bits per heavy atom. The lowest BCUT2D eigenvalue weighted by Gasteiger charge is -2.12. The lowest BCUT2D eigenvalue weighted by atomic mass is 10.3. The molecule has 6 nitrogen and oxygen atoms in total. The lowest BCUT2D eigenvalue weighted by molar-refractivity contribution is 0.331. The summed E-state index contributed by atoms with van der Waals surface area (Å²) in [5.41, 5.74) is 0. The number of aromatic nitrogens is 2. The van der Waals surface area contributed by atoms with Crippen LogP contribution in [0, 0.1) is 0 Å². The molecule has 21 heavy (non-hydrogen) atoms. The van der Waals surface area contributed by atoms with Gasteiger partial charge in [0.15, 0.2) is 0 Å². The fraction of sp³-hybridized carbons (Fsp3) is 0.308. The van der Waals surface area contributed by atoms with Gasteiger partial charge in [-0.05, 0) is 25.1 Å². The number of sulfonamides is 1. The zero-order valence-corrected chi connectivity index (χ0v) is 13.9. The fourth-order valence-corrected chi connectivity index (χ4v) is 3.50. The minimum Gasteiger partial charge on any atom is -0.492 e. The third-order valence-corrected chi connectivity index (χ3v) is 4.68. The van der Waals surface area contributed by atoms with Gasteiger partial charge in [-0.25, -0.2) is 18.1 Å². The number of hydrogen-bond donors (Lipinski definition) is 2. The van der Waals surface area contributed by atoms with Crippen LogP contribution in [0.25, 0.3) is 0 Å². The predicted molar refractivity (Wildman–Crippen MR) is 82.8 cm³/mol. The molecule has 8 heteroatoms. The van der Waals surface area contributed by atoms with Crippen molar-refractivity contribution in [2.75, 3.05) is 13.2 Å². The van der Waals surface area contributed by atoms with Gasteiger partial charge < -0.3 is 9.72 Å². The number of halogens is 1. The van der Waals surface area contributed by atoms with E-state index >= 15 is 0 Å². The van der Waals surface area contributed by atoms with Crippen LogP contribution in [-0.4, -0.2) is 31.5 Å². The molecule has 0 spiro atoms. The summed E-state index contributed by atoms with van der Waals surface area (Å²) >= 11 is 3.28.